The molecule has 16 heavy (non-hydrogen) atoms. The average Bonchev–Trinajstić information content (AvgIpc) is 2.70. The molecule has 1 aliphatic carbocycles. The van der Waals surface area contributed by atoms with Crippen LogP contribution in [0.4, 0.5) is 0 Å². The number of hydrogen-bond donors (Lipinski definition) is 0. The molecule has 0 N–H and O–H groups in total. The highest BCUT2D eigenvalue weighted by atomic mass is 32.1. The minimum atomic E-state index is -0.180. The number of thiophene rings is 1. The van der Waals surface area contributed by atoms with Gasteiger partial charge in [-0.3, -0.25) is 0 Å². The van der Waals surface area contributed by atoms with Gasteiger partial charge in [-0.1, -0.05) is 13.8 Å². The average molecular weight is 238 g/mol. The summed E-state index contributed by atoms with van der Waals surface area (Å²) in [6, 6.07) is 0. The Bertz CT molecular complexity index is 393. The van der Waals surface area contributed by atoms with Crippen molar-refractivity contribution in [3.8, 4) is 0 Å². The fourth-order valence-corrected chi connectivity index (χ4v) is 3.55. The van der Waals surface area contributed by atoms with E-state index in [2.05, 4.69) is 13.8 Å². The lowest BCUT2D eigenvalue weighted by Gasteiger charge is -2.25. The third-order valence-electron chi connectivity index (χ3n) is 3.54. The van der Waals surface area contributed by atoms with Crippen molar-refractivity contribution >= 4 is 17.3 Å². The van der Waals surface area contributed by atoms with E-state index in [4.69, 9.17) is 4.74 Å². The zero-order valence-corrected chi connectivity index (χ0v) is 10.9. The van der Waals surface area contributed by atoms with Gasteiger partial charge in [-0.15, -0.1) is 11.3 Å². The Morgan fingerprint density at radius 3 is 2.94 bits per heavy atom. The maximum atomic E-state index is 11.5. The summed E-state index contributed by atoms with van der Waals surface area (Å²) >= 11 is 1.72. The molecule has 0 saturated heterocycles. The molecular weight excluding hydrogens is 220 g/mol. The first kappa shape index (κ1) is 11.6. The van der Waals surface area contributed by atoms with E-state index in [1.54, 1.807) is 11.3 Å². The third-order valence-corrected chi connectivity index (χ3v) is 4.59. The first-order valence-corrected chi connectivity index (χ1v) is 6.69. The van der Waals surface area contributed by atoms with Crippen LogP contribution in [0.15, 0.2) is 5.38 Å². The van der Waals surface area contributed by atoms with Crippen LogP contribution in [0.2, 0.25) is 0 Å². The van der Waals surface area contributed by atoms with Gasteiger partial charge in [-0.05, 0) is 36.7 Å². The number of methoxy groups -OCH3 is 1. The highest BCUT2D eigenvalue weighted by Gasteiger charge is 2.26. The van der Waals surface area contributed by atoms with Gasteiger partial charge in [-0.2, -0.15) is 0 Å². The van der Waals surface area contributed by atoms with E-state index in [1.807, 2.05) is 5.38 Å². The Balaban J connectivity index is 2.23. The number of hydrogen-bond acceptors (Lipinski definition) is 3. The first-order chi connectivity index (χ1) is 7.63. The van der Waals surface area contributed by atoms with E-state index in [0.717, 1.165) is 30.2 Å². The van der Waals surface area contributed by atoms with Crippen molar-refractivity contribution in [2.75, 3.05) is 7.11 Å². The number of carbonyl (C=O) groups excluding carboxylic acids is 1. The normalized spacial score (nSPS) is 19.6. The van der Waals surface area contributed by atoms with Crippen molar-refractivity contribution in [1.29, 1.82) is 0 Å². The van der Waals surface area contributed by atoms with Gasteiger partial charge < -0.3 is 4.74 Å². The van der Waals surface area contributed by atoms with E-state index >= 15 is 0 Å². The summed E-state index contributed by atoms with van der Waals surface area (Å²) in [7, 11) is 1.45. The molecule has 0 saturated carbocycles. The van der Waals surface area contributed by atoms with Crippen LogP contribution in [-0.4, -0.2) is 13.1 Å². The molecule has 0 aromatic carbocycles. The van der Waals surface area contributed by atoms with Gasteiger partial charge in [0.25, 0.3) is 0 Å². The second-order valence-corrected chi connectivity index (χ2v) is 5.75. The minimum Gasteiger partial charge on any atom is -0.465 e. The van der Waals surface area contributed by atoms with Gasteiger partial charge in [0, 0.05) is 10.3 Å². The molecule has 1 aromatic rings. The molecule has 1 aliphatic rings. The molecular formula is C13H18O2S. The molecule has 88 valence electrons. The summed E-state index contributed by atoms with van der Waals surface area (Å²) in [4.78, 5) is 12.9. The van der Waals surface area contributed by atoms with Gasteiger partial charge in [0.15, 0.2) is 0 Å². The van der Waals surface area contributed by atoms with Crippen LogP contribution >= 0.6 is 11.3 Å². The number of esters is 1. The molecule has 0 aliphatic heterocycles. The molecule has 1 aromatic heterocycles. The van der Waals surface area contributed by atoms with Crippen molar-refractivity contribution in [1.82, 2.24) is 0 Å². The molecule has 0 radical (unpaired) electrons. The van der Waals surface area contributed by atoms with Crippen LogP contribution in [0.3, 0.4) is 0 Å². The zero-order valence-electron chi connectivity index (χ0n) is 10.1. The molecule has 2 rings (SSSR count). The van der Waals surface area contributed by atoms with Gasteiger partial charge in [0.05, 0.1) is 12.7 Å². The predicted octanol–water partition coefficient (Wildman–Crippen LogP) is 3.30. The molecule has 0 fully saturated rings. The highest BCUT2D eigenvalue weighted by molar-refractivity contribution is 7.10. The summed E-state index contributed by atoms with van der Waals surface area (Å²) < 4.78 is 4.80. The Kier molecular flexibility index (Phi) is 3.33. The summed E-state index contributed by atoms with van der Waals surface area (Å²) in [5, 5.41) is 1.96. The smallest absolute Gasteiger partial charge is 0.338 e. The molecule has 0 spiro atoms. The zero-order chi connectivity index (χ0) is 11.7. The second-order valence-electron chi connectivity index (χ2n) is 4.79. The molecule has 1 unspecified atom stereocenters. The lowest BCUT2D eigenvalue weighted by atomic mass is 9.81. The summed E-state index contributed by atoms with van der Waals surface area (Å²) in [6.45, 7) is 4.56. The van der Waals surface area contributed by atoms with E-state index in [-0.39, 0.29) is 5.97 Å². The van der Waals surface area contributed by atoms with Crippen LogP contribution in [0.5, 0.6) is 0 Å². The lowest BCUT2D eigenvalue weighted by molar-refractivity contribution is 0.0599. The third kappa shape index (κ3) is 2.01. The second kappa shape index (κ2) is 4.58. The van der Waals surface area contributed by atoms with Crippen molar-refractivity contribution in [3.63, 3.8) is 0 Å². The number of carbonyl (C=O) groups is 1. The predicted molar refractivity (Wildman–Crippen MR) is 66.0 cm³/mol. The largest absolute Gasteiger partial charge is 0.465 e. The van der Waals surface area contributed by atoms with Gasteiger partial charge in [0.2, 0.25) is 0 Å². The quantitative estimate of drug-likeness (QED) is 0.739. The molecule has 0 amide bonds. The fraction of sp³-hybridized carbons (Fsp3) is 0.615. The molecule has 1 atom stereocenters. The van der Waals surface area contributed by atoms with Crippen molar-refractivity contribution in [3.05, 3.63) is 21.4 Å². The van der Waals surface area contributed by atoms with Gasteiger partial charge in [-0.25, -0.2) is 4.79 Å². The van der Waals surface area contributed by atoms with Crippen LogP contribution in [0.1, 0.15) is 41.1 Å². The Labute approximate surface area is 101 Å². The van der Waals surface area contributed by atoms with Crippen molar-refractivity contribution < 1.29 is 9.53 Å². The molecule has 3 heteroatoms. The topological polar surface area (TPSA) is 26.3 Å². The monoisotopic (exact) mass is 238 g/mol. The first-order valence-electron chi connectivity index (χ1n) is 5.81. The molecule has 0 bridgehead atoms. The van der Waals surface area contributed by atoms with E-state index in [9.17, 15) is 4.79 Å². The van der Waals surface area contributed by atoms with Crippen molar-refractivity contribution in [2.24, 2.45) is 11.8 Å². The number of ether oxygens (including phenoxy) is 1. The van der Waals surface area contributed by atoms with Gasteiger partial charge >= 0.3 is 5.97 Å². The van der Waals surface area contributed by atoms with Crippen LogP contribution in [-0.2, 0) is 17.6 Å². The van der Waals surface area contributed by atoms with Crippen molar-refractivity contribution in [2.45, 2.75) is 33.1 Å². The maximum absolute atomic E-state index is 11.5. The minimum absolute atomic E-state index is 0.180. The van der Waals surface area contributed by atoms with Gasteiger partial charge in [0.1, 0.15) is 0 Å². The van der Waals surface area contributed by atoms with Crippen LogP contribution in [0.25, 0.3) is 0 Å². The highest BCUT2D eigenvalue weighted by Crippen LogP contribution is 2.35. The Hall–Kier alpha value is -0.830. The standard InChI is InChI=1S/C13H18O2S/c1-8(2)9-4-5-10-11(13(14)15-3)7-16-12(10)6-9/h7-9H,4-6H2,1-3H3. The Morgan fingerprint density at radius 1 is 1.56 bits per heavy atom. The SMILES string of the molecule is COC(=O)c1csc2c1CCC(C(C)C)C2. The molecule has 1 heterocycles. The number of fused-ring (bicyclic) bond motifs is 1. The van der Waals surface area contributed by atoms with Crippen LogP contribution < -0.4 is 0 Å². The van der Waals surface area contributed by atoms with E-state index < -0.39 is 0 Å². The van der Waals surface area contributed by atoms with Crippen LogP contribution in [0, 0.1) is 11.8 Å². The maximum Gasteiger partial charge on any atom is 0.338 e. The summed E-state index contributed by atoms with van der Waals surface area (Å²) in [6.07, 6.45) is 3.37. The summed E-state index contributed by atoms with van der Waals surface area (Å²) in [5.74, 6) is 1.33. The van der Waals surface area contributed by atoms with E-state index in [0.29, 0.717) is 0 Å². The summed E-state index contributed by atoms with van der Waals surface area (Å²) in [5.41, 5.74) is 2.04. The van der Waals surface area contributed by atoms with E-state index in [1.165, 1.54) is 24.0 Å². The Morgan fingerprint density at radius 2 is 2.31 bits per heavy atom. The fourth-order valence-electron chi connectivity index (χ4n) is 2.39. The molecule has 2 nitrogen and oxygen atoms in total. The lowest BCUT2D eigenvalue weighted by Crippen LogP contribution is -2.19. The number of rotatable bonds is 2.